The highest BCUT2D eigenvalue weighted by molar-refractivity contribution is 5.20. The second-order valence-corrected chi connectivity index (χ2v) is 6.45. The molecule has 0 aromatic heterocycles. The summed E-state index contributed by atoms with van der Waals surface area (Å²) in [4.78, 5) is 2.71. The van der Waals surface area contributed by atoms with Crippen molar-refractivity contribution in [1.29, 1.82) is 0 Å². The Hall–Kier alpha value is -0.860. The first-order chi connectivity index (χ1) is 9.24. The molecule has 2 heteroatoms. The van der Waals surface area contributed by atoms with Crippen LogP contribution in [0.4, 0.5) is 0 Å². The summed E-state index contributed by atoms with van der Waals surface area (Å²) < 4.78 is 0. The standard InChI is InChI=1S/C17H26N2/c1-13(10-15-8-9-15)19-12-17(18-11-14(19)2)16-6-4-3-5-7-16/h3-7,13-15,17-18H,8-12H2,1-2H3. The minimum atomic E-state index is 0.499. The molecular weight excluding hydrogens is 232 g/mol. The van der Waals surface area contributed by atoms with E-state index in [1.807, 2.05) is 0 Å². The number of nitrogens with one attached hydrogen (secondary N) is 1. The predicted octanol–water partition coefficient (Wildman–Crippen LogP) is 3.21. The summed E-state index contributed by atoms with van der Waals surface area (Å²) >= 11 is 0. The van der Waals surface area contributed by atoms with E-state index < -0.39 is 0 Å². The van der Waals surface area contributed by atoms with E-state index in [1.54, 1.807) is 0 Å². The average molecular weight is 258 g/mol. The van der Waals surface area contributed by atoms with E-state index in [0.29, 0.717) is 12.1 Å². The molecule has 2 fully saturated rings. The van der Waals surface area contributed by atoms with Crippen LogP contribution in [0.5, 0.6) is 0 Å². The fraction of sp³-hybridized carbons (Fsp3) is 0.647. The molecule has 1 N–H and O–H groups in total. The van der Waals surface area contributed by atoms with E-state index in [-0.39, 0.29) is 0 Å². The zero-order valence-electron chi connectivity index (χ0n) is 12.2. The molecule has 0 radical (unpaired) electrons. The first kappa shape index (κ1) is 13.1. The van der Waals surface area contributed by atoms with E-state index in [1.165, 1.54) is 24.8 Å². The van der Waals surface area contributed by atoms with Gasteiger partial charge in [0.15, 0.2) is 0 Å². The number of piperazine rings is 1. The first-order valence-electron chi connectivity index (χ1n) is 7.78. The van der Waals surface area contributed by atoms with Crippen LogP contribution < -0.4 is 5.32 Å². The van der Waals surface area contributed by atoms with Crippen molar-refractivity contribution in [3.05, 3.63) is 35.9 Å². The molecule has 1 heterocycles. The van der Waals surface area contributed by atoms with Gasteiger partial charge in [0.25, 0.3) is 0 Å². The third-order valence-electron chi connectivity index (χ3n) is 4.76. The summed E-state index contributed by atoms with van der Waals surface area (Å²) in [6.07, 6.45) is 4.33. The fourth-order valence-corrected chi connectivity index (χ4v) is 3.38. The van der Waals surface area contributed by atoms with Crippen molar-refractivity contribution in [3.8, 4) is 0 Å². The Kier molecular flexibility index (Phi) is 3.90. The Morgan fingerprint density at radius 2 is 2.00 bits per heavy atom. The average Bonchev–Trinajstić information content (AvgIpc) is 3.24. The second-order valence-electron chi connectivity index (χ2n) is 6.45. The highest BCUT2D eigenvalue weighted by atomic mass is 15.2. The van der Waals surface area contributed by atoms with Crippen molar-refractivity contribution in [2.75, 3.05) is 13.1 Å². The van der Waals surface area contributed by atoms with Crippen molar-refractivity contribution < 1.29 is 0 Å². The van der Waals surface area contributed by atoms with Crippen LogP contribution in [0.3, 0.4) is 0 Å². The molecule has 3 rings (SSSR count). The van der Waals surface area contributed by atoms with E-state index in [9.17, 15) is 0 Å². The van der Waals surface area contributed by atoms with Gasteiger partial charge in [-0.05, 0) is 31.7 Å². The zero-order valence-corrected chi connectivity index (χ0v) is 12.2. The minimum absolute atomic E-state index is 0.499. The monoisotopic (exact) mass is 258 g/mol. The van der Waals surface area contributed by atoms with Crippen molar-refractivity contribution in [3.63, 3.8) is 0 Å². The van der Waals surface area contributed by atoms with Gasteiger partial charge < -0.3 is 5.32 Å². The minimum Gasteiger partial charge on any atom is -0.307 e. The molecule has 1 aliphatic carbocycles. The molecule has 3 unspecified atom stereocenters. The smallest absolute Gasteiger partial charge is 0.0450 e. The molecule has 1 aromatic rings. The number of rotatable bonds is 4. The van der Waals surface area contributed by atoms with Gasteiger partial charge in [0.2, 0.25) is 0 Å². The highest BCUT2D eigenvalue weighted by Gasteiger charge is 2.32. The topological polar surface area (TPSA) is 15.3 Å². The van der Waals surface area contributed by atoms with E-state index in [4.69, 9.17) is 0 Å². The van der Waals surface area contributed by atoms with Gasteiger partial charge in [-0.15, -0.1) is 0 Å². The van der Waals surface area contributed by atoms with Crippen LogP contribution in [-0.2, 0) is 0 Å². The lowest BCUT2D eigenvalue weighted by Crippen LogP contribution is -2.54. The Morgan fingerprint density at radius 1 is 1.26 bits per heavy atom. The normalized spacial score (nSPS) is 30.2. The van der Waals surface area contributed by atoms with Crippen LogP contribution in [0, 0.1) is 5.92 Å². The van der Waals surface area contributed by atoms with Gasteiger partial charge >= 0.3 is 0 Å². The third-order valence-corrected chi connectivity index (χ3v) is 4.76. The maximum absolute atomic E-state index is 3.70. The van der Waals surface area contributed by atoms with E-state index in [2.05, 4.69) is 54.4 Å². The van der Waals surface area contributed by atoms with Gasteiger partial charge in [0, 0.05) is 31.2 Å². The molecule has 0 amide bonds. The second kappa shape index (κ2) is 5.64. The highest BCUT2D eigenvalue weighted by Crippen LogP contribution is 2.35. The predicted molar refractivity (Wildman–Crippen MR) is 80.2 cm³/mol. The summed E-state index contributed by atoms with van der Waals surface area (Å²) in [7, 11) is 0. The molecule has 2 nitrogen and oxygen atoms in total. The molecule has 1 saturated heterocycles. The van der Waals surface area contributed by atoms with Crippen molar-refractivity contribution in [1.82, 2.24) is 10.2 Å². The summed E-state index contributed by atoms with van der Waals surface area (Å²) in [5.41, 5.74) is 1.43. The van der Waals surface area contributed by atoms with E-state index >= 15 is 0 Å². The SMILES string of the molecule is CC1CNC(c2ccccc2)CN1C(C)CC1CC1. The lowest BCUT2D eigenvalue weighted by molar-refractivity contribution is 0.0914. The Labute approximate surface area is 117 Å². The van der Waals surface area contributed by atoms with Crippen LogP contribution >= 0.6 is 0 Å². The molecule has 1 aliphatic heterocycles. The summed E-state index contributed by atoms with van der Waals surface area (Å²) in [5.74, 6) is 1.02. The van der Waals surface area contributed by atoms with Gasteiger partial charge in [-0.2, -0.15) is 0 Å². The van der Waals surface area contributed by atoms with Crippen molar-refractivity contribution >= 4 is 0 Å². The van der Waals surface area contributed by atoms with Crippen LogP contribution in [0.25, 0.3) is 0 Å². The molecule has 104 valence electrons. The third kappa shape index (κ3) is 3.18. The first-order valence-corrected chi connectivity index (χ1v) is 7.78. The van der Waals surface area contributed by atoms with Crippen LogP contribution in [0.2, 0.25) is 0 Å². The Balaban J connectivity index is 1.66. The number of benzene rings is 1. The Morgan fingerprint density at radius 3 is 2.68 bits per heavy atom. The summed E-state index contributed by atoms with van der Waals surface area (Å²) in [6.45, 7) is 7.04. The van der Waals surface area contributed by atoms with Crippen LogP contribution in [0.15, 0.2) is 30.3 Å². The molecular formula is C17H26N2. The van der Waals surface area contributed by atoms with Crippen molar-refractivity contribution in [2.45, 2.75) is 51.2 Å². The van der Waals surface area contributed by atoms with Gasteiger partial charge in [-0.3, -0.25) is 4.90 Å². The van der Waals surface area contributed by atoms with Crippen molar-refractivity contribution in [2.24, 2.45) is 5.92 Å². The maximum atomic E-state index is 3.70. The molecule has 0 bridgehead atoms. The largest absolute Gasteiger partial charge is 0.307 e. The molecule has 2 aliphatic rings. The lowest BCUT2D eigenvalue weighted by Gasteiger charge is -2.42. The van der Waals surface area contributed by atoms with Gasteiger partial charge in [0.1, 0.15) is 0 Å². The zero-order chi connectivity index (χ0) is 13.2. The van der Waals surface area contributed by atoms with Gasteiger partial charge in [-0.1, -0.05) is 43.2 Å². The Bertz CT molecular complexity index is 399. The molecule has 0 spiro atoms. The summed E-state index contributed by atoms with van der Waals surface area (Å²) in [6, 6.07) is 12.8. The number of hydrogen-bond donors (Lipinski definition) is 1. The van der Waals surface area contributed by atoms with Gasteiger partial charge in [-0.25, -0.2) is 0 Å². The quantitative estimate of drug-likeness (QED) is 0.892. The van der Waals surface area contributed by atoms with Crippen LogP contribution in [-0.4, -0.2) is 30.1 Å². The number of hydrogen-bond acceptors (Lipinski definition) is 2. The number of nitrogens with zero attached hydrogens (tertiary/aromatic N) is 1. The summed E-state index contributed by atoms with van der Waals surface area (Å²) in [5, 5.41) is 3.70. The molecule has 1 aromatic carbocycles. The van der Waals surface area contributed by atoms with E-state index in [0.717, 1.165) is 25.0 Å². The fourth-order valence-electron chi connectivity index (χ4n) is 3.38. The molecule has 19 heavy (non-hydrogen) atoms. The van der Waals surface area contributed by atoms with Crippen LogP contribution in [0.1, 0.15) is 44.7 Å². The lowest BCUT2D eigenvalue weighted by atomic mass is 9.99. The maximum Gasteiger partial charge on any atom is 0.0450 e. The van der Waals surface area contributed by atoms with Gasteiger partial charge in [0.05, 0.1) is 0 Å². The molecule has 3 atom stereocenters. The molecule has 1 saturated carbocycles.